The number of thiophene rings is 10. The van der Waals surface area contributed by atoms with Crippen molar-refractivity contribution >= 4 is 125 Å². The fourth-order valence-corrected chi connectivity index (χ4v) is 27.0. The molecule has 10 heteroatoms. The molecule has 2 atom stereocenters. The van der Waals surface area contributed by atoms with Crippen molar-refractivity contribution < 1.29 is 0 Å². The maximum atomic E-state index is 2.65. The molecule has 10 aromatic heterocycles. The van der Waals surface area contributed by atoms with Crippen LogP contribution >= 0.6 is 113 Å². The lowest BCUT2D eigenvalue weighted by Gasteiger charge is -2.59. The third-order valence-corrected chi connectivity index (χ3v) is 34.2. The molecule has 520 valence electrons. The molecule has 0 fully saturated rings. The van der Waals surface area contributed by atoms with E-state index in [9.17, 15) is 0 Å². The van der Waals surface area contributed by atoms with E-state index < -0.39 is 0 Å². The van der Waals surface area contributed by atoms with Gasteiger partial charge in [-0.15, -0.1) is 113 Å². The number of allylic oxidation sites excluding steroid dienone is 14. The highest BCUT2D eigenvalue weighted by Crippen LogP contribution is 2.71. The van der Waals surface area contributed by atoms with E-state index in [1.807, 2.05) is 90.7 Å². The molecule has 0 saturated heterocycles. The molecule has 14 rings (SSSR count). The third kappa shape index (κ3) is 14.2. The van der Waals surface area contributed by atoms with Crippen LogP contribution in [0.25, 0.3) is 89.2 Å². The summed E-state index contributed by atoms with van der Waals surface area (Å²) in [4.78, 5) is 25.5. The van der Waals surface area contributed by atoms with E-state index in [0.717, 1.165) is 12.8 Å². The van der Waals surface area contributed by atoms with Crippen LogP contribution in [0.3, 0.4) is 0 Å². The smallest absolute Gasteiger partial charge is 0.0484 e. The van der Waals surface area contributed by atoms with Crippen molar-refractivity contribution in [2.75, 3.05) is 0 Å². The second-order valence-corrected chi connectivity index (χ2v) is 41.1. The first-order valence-corrected chi connectivity index (χ1v) is 45.8. The Morgan fingerprint density at radius 2 is 0.640 bits per heavy atom. The van der Waals surface area contributed by atoms with Gasteiger partial charge in [0, 0.05) is 98.6 Å². The first-order chi connectivity index (χ1) is 48.4. The summed E-state index contributed by atoms with van der Waals surface area (Å²) in [6, 6.07) is 38.3. The zero-order chi connectivity index (χ0) is 69.5. The van der Waals surface area contributed by atoms with Crippen LogP contribution < -0.4 is 0 Å². The van der Waals surface area contributed by atoms with E-state index in [0.29, 0.717) is 0 Å². The highest BCUT2D eigenvalue weighted by atomic mass is 32.1. The molecule has 4 aliphatic carbocycles. The summed E-state index contributed by atoms with van der Waals surface area (Å²) in [6.07, 6.45) is 40.9. The fourth-order valence-electron chi connectivity index (χ4n) is 15.7. The lowest BCUT2D eigenvalue weighted by Crippen LogP contribution is -2.49. The molecule has 0 bridgehead atoms. The van der Waals surface area contributed by atoms with Gasteiger partial charge in [-0.1, -0.05) is 197 Å². The molecule has 0 unspecified atom stereocenters. The van der Waals surface area contributed by atoms with E-state index in [2.05, 4.69) is 250 Å². The van der Waals surface area contributed by atoms with Gasteiger partial charge in [-0.25, -0.2) is 0 Å². The molecule has 4 aliphatic rings. The maximum absolute atomic E-state index is 2.65. The highest BCUT2D eigenvalue weighted by Gasteiger charge is 2.60. The molecule has 0 aromatic carbocycles. The minimum absolute atomic E-state index is 0.0542. The van der Waals surface area contributed by atoms with Crippen LogP contribution in [0.15, 0.2) is 178 Å². The number of unbranched alkanes of at least 4 members (excludes halogenated alkanes) is 12. The Labute approximate surface area is 639 Å². The molecule has 10 aromatic rings. The predicted octanol–water partition coefficient (Wildman–Crippen LogP) is 32.8. The van der Waals surface area contributed by atoms with Crippen LogP contribution in [0, 0.1) is 21.7 Å². The molecule has 0 radical (unpaired) electrons. The third-order valence-electron chi connectivity index (χ3n) is 21.8. The Morgan fingerprint density at radius 1 is 0.300 bits per heavy atom. The van der Waals surface area contributed by atoms with Gasteiger partial charge < -0.3 is 0 Å². The van der Waals surface area contributed by atoms with Crippen molar-refractivity contribution in [2.24, 2.45) is 21.7 Å². The molecule has 0 amide bonds. The predicted molar refractivity (Wildman–Crippen MR) is 457 cm³/mol. The van der Waals surface area contributed by atoms with Gasteiger partial charge in [0.15, 0.2) is 0 Å². The number of hydrogen-bond donors (Lipinski definition) is 0. The Bertz CT molecular complexity index is 4760. The molecule has 0 saturated carbocycles. The first-order valence-electron chi connectivity index (χ1n) is 37.5. The molecule has 0 aliphatic heterocycles. The molecule has 100 heavy (non-hydrogen) atoms. The van der Waals surface area contributed by atoms with Crippen LogP contribution in [0.5, 0.6) is 0 Å². The van der Waals surface area contributed by atoms with Gasteiger partial charge in [0.1, 0.15) is 0 Å². The van der Waals surface area contributed by atoms with E-state index >= 15 is 0 Å². The second-order valence-electron chi connectivity index (χ2n) is 30.7. The Morgan fingerprint density at radius 3 is 1.02 bits per heavy atom. The first kappa shape index (κ1) is 72.1. The lowest BCUT2D eigenvalue weighted by atomic mass is 9.43. The topological polar surface area (TPSA) is 0 Å². The standard InChI is InChI=1S/C90H100S10/c1-13-17-21-25-31-61-63(33-27-23-19-15-3)85(99-83(61)79-45-41-73(95-79)71-35-29-49-91-71)81-47-43-77(97-81)75-39-37-69(93-75)65-53-59-51-58(88(8,9)10)56-68-66(54-60-52-57(87(5,6)7)55-67(65)89(60,11)90(59,68)12)70-38-40-76(94-70)78-44-48-82(98-78)86-64(34-28-24-20-16-4)62(32-26-22-18-14-2)84(100-86)80-46-42-74(96-80)72-36-30-50-92-72/h29-30,35-56H,13-28,31-34H2,1-12H3/t89-,90+. The van der Waals surface area contributed by atoms with Crippen molar-refractivity contribution in [2.45, 2.75) is 212 Å². The molecular formula is C90H100S10. The van der Waals surface area contributed by atoms with Crippen molar-refractivity contribution in [1.82, 2.24) is 0 Å². The number of hydrogen-bond acceptors (Lipinski definition) is 10. The highest BCUT2D eigenvalue weighted by molar-refractivity contribution is 7.31. The van der Waals surface area contributed by atoms with Gasteiger partial charge in [0.05, 0.1) is 0 Å². The maximum Gasteiger partial charge on any atom is 0.0484 e. The Hall–Kier alpha value is -4.82. The molecule has 0 spiro atoms. The lowest BCUT2D eigenvalue weighted by molar-refractivity contribution is 0.249. The summed E-state index contributed by atoms with van der Waals surface area (Å²) in [5.41, 5.74) is 17.2. The zero-order valence-electron chi connectivity index (χ0n) is 61.1. The quantitative estimate of drug-likeness (QED) is 0.0394. The molecule has 0 nitrogen and oxygen atoms in total. The molecule has 0 N–H and O–H groups in total. The largest absolute Gasteiger partial charge is 0.143 e. The zero-order valence-corrected chi connectivity index (χ0v) is 69.2. The average molecular weight is 1500 g/mol. The van der Waals surface area contributed by atoms with Crippen LogP contribution in [0.2, 0.25) is 0 Å². The summed E-state index contributed by atoms with van der Waals surface area (Å²) in [5, 5.41) is 4.43. The summed E-state index contributed by atoms with van der Waals surface area (Å²) in [6.45, 7) is 29.1. The average Bonchev–Trinajstić information content (AvgIpc) is 1.01. The Kier molecular flexibility index (Phi) is 22.2. The van der Waals surface area contributed by atoms with Gasteiger partial charge in [-0.05, 0) is 237 Å². The monoisotopic (exact) mass is 1500 g/mol. The summed E-state index contributed by atoms with van der Waals surface area (Å²) >= 11 is 19.9. The summed E-state index contributed by atoms with van der Waals surface area (Å²) < 4.78 is 0. The molecular weight excluding hydrogens is 1400 g/mol. The van der Waals surface area contributed by atoms with Crippen molar-refractivity contribution in [3.05, 3.63) is 210 Å². The minimum Gasteiger partial charge on any atom is -0.143 e. The minimum atomic E-state index is -0.317. The van der Waals surface area contributed by atoms with E-state index in [-0.39, 0.29) is 21.7 Å². The molecule has 10 heterocycles. The van der Waals surface area contributed by atoms with Gasteiger partial charge in [0.2, 0.25) is 0 Å². The summed E-state index contributed by atoms with van der Waals surface area (Å²) in [5.74, 6) is 0. The SMILES string of the molecule is CCCCCCc1c(-c2ccc(-c3cccs3)s2)sc(-c2ccc(-c3ccc(C4=CC5=CC(C(C)(C)C)=CC6=C(c7ccc(-c8ccc(-c9sc(-c%10ccc(-c%11cccs%11)s%10)c(CCCCCC)c9CCCCCC)s8)s7)C=C7C=C(C(C)(C)C)C=C4[C@@]7(C)[C@]56C)s3)s2)c1CCCCCC. The second kappa shape index (κ2) is 30.7. The van der Waals surface area contributed by atoms with Crippen LogP contribution in [-0.2, 0) is 25.7 Å². The van der Waals surface area contributed by atoms with Crippen LogP contribution in [-0.4, -0.2) is 0 Å². The van der Waals surface area contributed by atoms with Crippen LogP contribution in [0.1, 0.15) is 218 Å². The summed E-state index contributed by atoms with van der Waals surface area (Å²) in [7, 11) is 0. The fraction of sp³-hybridized carbons (Fsp3) is 0.400. The van der Waals surface area contributed by atoms with Gasteiger partial charge >= 0.3 is 0 Å². The van der Waals surface area contributed by atoms with Crippen LogP contribution in [0.4, 0.5) is 0 Å². The van der Waals surface area contributed by atoms with E-state index in [1.54, 1.807) is 22.3 Å². The van der Waals surface area contributed by atoms with E-state index in [4.69, 9.17) is 0 Å². The van der Waals surface area contributed by atoms with Crippen molar-refractivity contribution in [3.8, 4) is 78.0 Å². The van der Waals surface area contributed by atoms with Gasteiger partial charge in [0.25, 0.3) is 0 Å². The van der Waals surface area contributed by atoms with Gasteiger partial charge in [-0.3, -0.25) is 0 Å². The Balaban J connectivity index is 0.825. The van der Waals surface area contributed by atoms with E-state index in [1.165, 1.54) is 248 Å². The number of rotatable bonds is 30. The van der Waals surface area contributed by atoms with Crippen molar-refractivity contribution in [3.63, 3.8) is 0 Å². The van der Waals surface area contributed by atoms with Gasteiger partial charge in [-0.2, -0.15) is 0 Å². The normalized spacial score (nSPS) is 17.6. The van der Waals surface area contributed by atoms with Crippen molar-refractivity contribution in [1.29, 1.82) is 0 Å².